The summed E-state index contributed by atoms with van der Waals surface area (Å²) in [6.45, 7) is 7.36. The van der Waals surface area contributed by atoms with Gasteiger partial charge in [-0.3, -0.25) is 10.9 Å². The summed E-state index contributed by atoms with van der Waals surface area (Å²) in [5, 5.41) is 9.40. The van der Waals surface area contributed by atoms with Crippen molar-refractivity contribution in [2.45, 2.75) is 40.0 Å². The first-order valence-corrected chi connectivity index (χ1v) is 4.83. The molecule has 0 radical (unpaired) electrons. The summed E-state index contributed by atoms with van der Waals surface area (Å²) in [6, 6.07) is 0. The molecule has 0 aromatic rings. The summed E-state index contributed by atoms with van der Waals surface area (Å²) in [7, 11) is 1.85. The van der Waals surface area contributed by atoms with Crippen LogP contribution in [0.15, 0.2) is 0 Å². The van der Waals surface area contributed by atoms with Gasteiger partial charge in [-0.15, -0.1) is 0 Å². The minimum absolute atomic E-state index is 0.242. The number of nitrogens with one attached hydrogen (secondary N) is 1. The fourth-order valence-electron chi connectivity index (χ4n) is 1.27. The van der Waals surface area contributed by atoms with Crippen molar-refractivity contribution in [2.24, 2.45) is 11.3 Å². The molecule has 0 unspecified atom stereocenters. The Labute approximate surface area is 81.8 Å². The number of rotatable bonds is 5. The van der Waals surface area contributed by atoms with Gasteiger partial charge in [-0.1, -0.05) is 20.8 Å². The van der Waals surface area contributed by atoms with Gasteiger partial charge in [-0.05, 0) is 24.7 Å². The highest BCUT2D eigenvalue weighted by atomic mass is 15.4. The van der Waals surface area contributed by atoms with E-state index in [9.17, 15) is 0 Å². The maximum Gasteiger partial charge on any atom is 0.0129 e. The third-order valence-electron chi connectivity index (χ3n) is 1.73. The smallest absolute Gasteiger partial charge is 0.0129 e. The van der Waals surface area contributed by atoms with Gasteiger partial charge in [0, 0.05) is 19.3 Å². The highest BCUT2D eigenvalue weighted by Crippen LogP contribution is 2.19. The molecule has 0 aliphatic heterocycles. The van der Waals surface area contributed by atoms with Crippen LogP contribution in [-0.2, 0) is 0 Å². The highest BCUT2D eigenvalue weighted by Gasteiger charge is 2.12. The summed E-state index contributed by atoms with van der Waals surface area (Å²) >= 11 is 0. The summed E-state index contributed by atoms with van der Waals surface area (Å²) in [6.07, 6.45) is 2.75. The molecule has 3 nitrogen and oxygen atoms in total. The van der Waals surface area contributed by atoms with Crippen LogP contribution in [0.1, 0.15) is 40.0 Å². The molecule has 0 atom stereocenters. The summed E-state index contributed by atoms with van der Waals surface area (Å²) in [4.78, 5) is 0. The Morgan fingerprint density at radius 2 is 1.92 bits per heavy atom. The molecule has 0 aliphatic rings. The third-order valence-corrected chi connectivity index (χ3v) is 1.73. The number of nitrogens with two attached hydrogens (primary N) is 1. The average Bonchev–Trinajstić information content (AvgIpc) is 1.81. The zero-order valence-corrected chi connectivity index (χ0v) is 9.35. The Balaban J connectivity index is 3.53. The van der Waals surface area contributed by atoms with E-state index in [0.29, 0.717) is 0 Å². The van der Waals surface area contributed by atoms with Crippen LogP contribution in [0.5, 0.6) is 0 Å². The van der Waals surface area contributed by atoms with Crippen molar-refractivity contribution in [1.82, 2.24) is 5.01 Å². The van der Waals surface area contributed by atoms with Crippen molar-refractivity contribution in [2.75, 3.05) is 13.6 Å². The minimum Gasteiger partial charge on any atom is -0.310 e. The molecule has 0 saturated heterocycles. The van der Waals surface area contributed by atoms with E-state index in [2.05, 4.69) is 20.8 Å². The fraction of sp³-hybridized carbons (Fsp3) is 0.900. The SMILES string of the molecule is CN(N)CCCC(=N)CC(C)(C)C. The number of nitrogens with zero attached hydrogens (tertiary/aromatic N) is 1. The van der Waals surface area contributed by atoms with Gasteiger partial charge >= 0.3 is 0 Å². The predicted octanol–water partition coefficient (Wildman–Crippen LogP) is 2.03. The van der Waals surface area contributed by atoms with Crippen LogP contribution in [0.3, 0.4) is 0 Å². The van der Waals surface area contributed by atoms with Crippen molar-refractivity contribution in [1.29, 1.82) is 5.41 Å². The zero-order chi connectivity index (χ0) is 10.5. The molecule has 0 heterocycles. The molecule has 0 aromatic heterocycles. The predicted molar refractivity (Wildman–Crippen MR) is 57.9 cm³/mol. The first-order chi connectivity index (χ1) is 5.81. The van der Waals surface area contributed by atoms with Gasteiger partial charge < -0.3 is 5.41 Å². The fourth-order valence-corrected chi connectivity index (χ4v) is 1.27. The molecule has 0 fully saturated rings. The number of hydrogen-bond acceptors (Lipinski definition) is 3. The Kier molecular flexibility index (Phi) is 5.18. The van der Waals surface area contributed by atoms with Crippen LogP contribution in [-0.4, -0.2) is 24.3 Å². The van der Waals surface area contributed by atoms with E-state index in [1.165, 1.54) is 0 Å². The van der Waals surface area contributed by atoms with Gasteiger partial charge in [0.15, 0.2) is 0 Å². The lowest BCUT2D eigenvalue weighted by Gasteiger charge is -2.18. The minimum atomic E-state index is 0.242. The number of hydrogen-bond donors (Lipinski definition) is 2. The van der Waals surface area contributed by atoms with Crippen LogP contribution < -0.4 is 5.84 Å². The molecule has 0 spiro atoms. The maximum absolute atomic E-state index is 7.73. The van der Waals surface area contributed by atoms with E-state index in [1.54, 1.807) is 5.01 Å². The van der Waals surface area contributed by atoms with Crippen LogP contribution in [0.4, 0.5) is 0 Å². The third kappa shape index (κ3) is 9.50. The molecule has 78 valence electrons. The molecule has 0 rings (SSSR count). The summed E-state index contributed by atoms with van der Waals surface area (Å²) < 4.78 is 0. The average molecular weight is 185 g/mol. The van der Waals surface area contributed by atoms with Gasteiger partial charge in [-0.2, -0.15) is 0 Å². The molecular formula is C10H23N3. The van der Waals surface area contributed by atoms with E-state index in [1.807, 2.05) is 7.05 Å². The van der Waals surface area contributed by atoms with Gasteiger partial charge in [0.25, 0.3) is 0 Å². The molecule has 3 N–H and O–H groups in total. The van der Waals surface area contributed by atoms with Crippen molar-refractivity contribution in [3.63, 3.8) is 0 Å². The van der Waals surface area contributed by atoms with Crippen molar-refractivity contribution in [3.8, 4) is 0 Å². The van der Waals surface area contributed by atoms with Crippen molar-refractivity contribution in [3.05, 3.63) is 0 Å². The van der Waals surface area contributed by atoms with E-state index < -0.39 is 0 Å². The lowest BCUT2D eigenvalue weighted by atomic mass is 9.88. The quantitative estimate of drug-likeness (QED) is 0.391. The second kappa shape index (κ2) is 5.35. The molecule has 0 amide bonds. The van der Waals surface area contributed by atoms with Crippen LogP contribution in [0.25, 0.3) is 0 Å². The second-order valence-corrected chi connectivity index (χ2v) is 4.93. The molecular weight excluding hydrogens is 162 g/mol. The Morgan fingerprint density at radius 1 is 1.38 bits per heavy atom. The van der Waals surface area contributed by atoms with E-state index in [4.69, 9.17) is 11.3 Å². The standard InChI is InChI=1S/C10H23N3/c1-10(2,3)8-9(11)6-5-7-13(4)12/h11H,5-8,12H2,1-4H3. The van der Waals surface area contributed by atoms with Gasteiger partial charge in [0.2, 0.25) is 0 Å². The first-order valence-electron chi connectivity index (χ1n) is 4.83. The van der Waals surface area contributed by atoms with Gasteiger partial charge in [0.05, 0.1) is 0 Å². The molecule has 0 aliphatic carbocycles. The van der Waals surface area contributed by atoms with Crippen LogP contribution >= 0.6 is 0 Å². The molecule has 0 aromatic carbocycles. The van der Waals surface area contributed by atoms with E-state index >= 15 is 0 Å². The maximum atomic E-state index is 7.73. The van der Waals surface area contributed by atoms with Crippen molar-refractivity contribution < 1.29 is 0 Å². The monoisotopic (exact) mass is 185 g/mol. The normalized spacial score (nSPS) is 12.2. The molecule has 13 heavy (non-hydrogen) atoms. The van der Waals surface area contributed by atoms with Gasteiger partial charge in [-0.25, -0.2) is 0 Å². The van der Waals surface area contributed by atoms with E-state index in [-0.39, 0.29) is 5.41 Å². The number of hydrazine groups is 1. The second-order valence-electron chi connectivity index (χ2n) is 4.93. The topological polar surface area (TPSA) is 53.1 Å². The van der Waals surface area contributed by atoms with E-state index in [0.717, 1.165) is 31.5 Å². The first kappa shape index (κ1) is 12.6. The Bertz CT molecular complexity index is 156. The zero-order valence-electron chi connectivity index (χ0n) is 9.35. The largest absolute Gasteiger partial charge is 0.310 e. The lowest BCUT2D eigenvalue weighted by Crippen LogP contribution is -2.27. The van der Waals surface area contributed by atoms with Crippen molar-refractivity contribution >= 4 is 5.71 Å². The molecule has 0 saturated carbocycles. The highest BCUT2D eigenvalue weighted by molar-refractivity contribution is 5.81. The molecule has 3 heteroatoms. The molecule has 0 bridgehead atoms. The Hall–Kier alpha value is -0.410. The van der Waals surface area contributed by atoms with Gasteiger partial charge in [0.1, 0.15) is 0 Å². The van der Waals surface area contributed by atoms with Crippen LogP contribution in [0, 0.1) is 10.8 Å². The lowest BCUT2D eigenvalue weighted by molar-refractivity contribution is 0.344. The summed E-state index contributed by atoms with van der Waals surface area (Å²) in [5.74, 6) is 5.47. The summed E-state index contributed by atoms with van der Waals surface area (Å²) in [5.41, 5.74) is 1.08. The van der Waals surface area contributed by atoms with Crippen LogP contribution in [0.2, 0.25) is 0 Å². The Morgan fingerprint density at radius 3 is 2.31 bits per heavy atom.